The minimum Gasteiger partial charge on any atom is -0.481 e. The molecule has 0 saturated carbocycles. The SMILES string of the molecule is CCC(OC(C)C)(OC(C)C)C(=O)CC(=O)O.[Ti]. The molecule has 5 nitrogen and oxygen atoms in total. The Hall–Kier alpha value is -0.226. The molecular formula is C12H22O5Ti. The van der Waals surface area contributed by atoms with E-state index in [-0.39, 0.29) is 40.3 Å². The number of rotatable bonds is 8. The molecule has 0 aromatic heterocycles. The quantitative estimate of drug-likeness (QED) is 0.421. The zero-order valence-corrected chi connectivity index (χ0v) is 13.2. The Morgan fingerprint density at radius 3 is 1.72 bits per heavy atom. The fourth-order valence-corrected chi connectivity index (χ4v) is 1.56. The van der Waals surface area contributed by atoms with E-state index in [1.807, 2.05) is 0 Å². The first-order valence-corrected chi connectivity index (χ1v) is 5.84. The summed E-state index contributed by atoms with van der Waals surface area (Å²) in [5, 5.41) is 8.68. The van der Waals surface area contributed by atoms with Crippen LogP contribution in [0.3, 0.4) is 0 Å². The van der Waals surface area contributed by atoms with Gasteiger partial charge in [0.15, 0.2) is 0 Å². The number of carboxylic acid groups (broad SMARTS) is 1. The van der Waals surface area contributed by atoms with Crippen LogP contribution in [0, 0.1) is 0 Å². The molecule has 0 aliphatic heterocycles. The summed E-state index contributed by atoms with van der Waals surface area (Å²) in [6.45, 7) is 8.86. The third-order valence-electron chi connectivity index (χ3n) is 2.05. The van der Waals surface area contributed by atoms with E-state index in [4.69, 9.17) is 14.6 Å². The average Bonchev–Trinajstić information content (AvgIpc) is 2.13. The van der Waals surface area contributed by atoms with E-state index in [1.54, 1.807) is 34.6 Å². The molecule has 0 unspecified atom stereocenters. The van der Waals surface area contributed by atoms with E-state index < -0.39 is 24.0 Å². The summed E-state index contributed by atoms with van der Waals surface area (Å²) in [7, 11) is 0. The van der Waals surface area contributed by atoms with Crippen molar-refractivity contribution < 1.29 is 45.9 Å². The molecule has 0 fully saturated rings. The van der Waals surface area contributed by atoms with Crippen molar-refractivity contribution in [2.24, 2.45) is 0 Å². The maximum Gasteiger partial charge on any atom is 0.311 e. The maximum atomic E-state index is 11.9. The molecule has 0 rings (SSSR count). The molecule has 0 aliphatic carbocycles. The van der Waals surface area contributed by atoms with Gasteiger partial charge in [-0.3, -0.25) is 9.59 Å². The number of hydrogen-bond acceptors (Lipinski definition) is 4. The zero-order chi connectivity index (χ0) is 13.6. The molecule has 0 amide bonds. The van der Waals surface area contributed by atoms with Crippen molar-refractivity contribution in [2.75, 3.05) is 0 Å². The molecule has 0 bridgehead atoms. The van der Waals surface area contributed by atoms with Crippen LogP contribution in [-0.2, 0) is 40.8 Å². The van der Waals surface area contributed by atoms with Gasteiger partial charge in [-0.25, -0.2) is 0 Å². The fourth-order valence-electron chi connectivity index (χ4n) is 1.56. The minimum atomic E-state index is -1.44. The van der Waals surface area contributed by atoms with Crippen LogP contribution in [0.2, 0.25) is 0 Å². The van der Waals surface area contributed by atoms with Crippen LogP contribution in [0.15, 0.2) is 0 Å². The number of ketones is 1. The molecule has 0 saturated heterocycles. The summed E-state index contributed by atoms with van der Waals surface area (Å²) in [6.07, 6.45) is -0.735. The Morgan fingerprint density at radius 1 is 1.11 bits per heavy atom. The first-order valence-electron chi connectivity index (χ1n) is 5.84. The summed E-state index contributed by atoms with van der Waals surface area (Å²) in [6, 6.07) is 0. The van der Waals surface area contributed by atoms with E-state index >= 15 is 0 Å². The van der Waals surface area contributed by atoms with Crippen LogP contribution in [0.1, 0.15) is 47.5 Å². The van der Waals surface area contributed by atoms with Gasteiger partial charge in [0, 0.05) is 28.1 Å². The van der Waals surface area contributed by atoms with Crippen LogP contribution in [0.25, 0.3) is 0 Å². The van der Waals surface area contributed by atoms with Gasteiger partial charge in [0.1, 0.15) is 6.42 Å². The van der Waals surface area contributed by atoms with Gasteiger partial charge in [-0.2, -0.15) is 0 Å². The molecule has 1 N–H and O–H groups in total. The molecule has 18 heavy (non-hydrogen) atoms. The number of carboxylic acids is 1. The van der Waals surface area contributed by atoms with Crippen molar-refractivity contribution in [1.82, 2.24) is 0 Å². The predicted octanol–water partition coefficient (Wildman–Crippen LogP) is 1.98. The first kappa shape index (κ1) is 20.1. The van der Waals surface area contributed by atoms with Gasteiger partial charge in [0.05, 0.1) is 12.2 Å². The summed E-state index contributed by atoms with van der Waals surface area (Å²) in [5.74, 6) is -3.16. The number of carbonyl (C=O) groups is 2. The van der Waals surface area contributed by atoms with Gasteiger partial charge in [0.25, 0.3) is 0 Å². The number of ether oxygens (including phenoxy) is 2. The van der Waals surface area contributed by atoms with Crippen molar-refractivity contribution in [3.05, 3.63) is 0 Å². The van der Waals surface area contributed by atoms with Gasteiger partial charge in [-0.15, -0.1) is 0 Å². The molecule has 104 valence electrons. The summed E-state index contributed by atoms with van der Waals surface area (Å²) >= 11 is 0. The van der Waals surface area contributed by atoms with Crippen molar-refractivity contribution in [1.29, 1.82) is 0 Å². The standard InChI is InChI=1S/C12H22O5.Ti/c1-6-12(16-8(2)3,17-9(4)5)10(13)7-11(14)15;/h8-9H,6-7H2,1-5H3,(H,14,15);. The van der Waals surface area contributed by atoms with Crippen LogP contribution < -0.4 is 0 Å². The average molecular weight is 294 g/mol. The van der Waals surface area contributed by atoms with Crippen molar-refractivity contribution in [3.8, 4) is 0 Å². The Kier molecular flexibility index (Phi) is 9.83. The number of hydrogen-bond donors (Lipinski definition) is 1. The number of carbonyl (C=O) groups excluding carboxylic acids is 1. The molecular weight excluding hydrogens is 272 g/mol. The largest absolute Gasteiger partial charge is 0.481 e. The topological polar surface area (TPSA) is 72.8 Å². The van der Waals surface area contributed by atoms with E-state index in [0.29, 0.717) is 0 Å². The monoisotopic (exact) mass is 294 g/mol. The second-order valence-corrected chi connectivity index (χ2v) is 4.43. The Morgan fingerprint density at radius 2 is 1.50 bits per heavy atom. The summed E-state index contributed by atoms with van der Waals surface area (Å²) in [5.41, 5.74) is 0. The summed E-state index contributed by atoms with van der Waals surface area (Å²) in [4.78, 5) is 22.6. The van der Waals surface area contributed by atoms with Gasteiger partial charge >= 0.3 is 5.97 Å². The van der Waals surface area contributed by atoms with Gasteiger partial charge in [-0.1, -0.05) is 6.92 Å². The first-order chi connectivity index (χ1) is 7.73. The van der Waals surface area contributed by atoms with Crippen molar-refractivity contribution in [2.45, 2.75) is 65.5 Å². The predicted molar refractivity (Wildman–Crippen MR) is 62.7 cm³/mol. The molecule has 6 heteroatoms. The molecule has 0 heterocycles. The normalized spacial score (nSPS) is 11.5. The Balaban J connectivity index is 0. The van der Waals surface area contributed by atoms with Crippen LogP contribution in [-0.4, -0.2) is 34.9 Å². The van der Waals surface area contributed by atoms with E-state index in [2.05, 4.69) is 0 Å². The number of aliphatic carboxylic acids is 1. The Labute approximate surface area is 123 Å². The van der Waals surface area contributed by atoms with Crippen molar-refractivity contribution >= 4 is 11.8 Å². The van der Waals surface area contributed by atoms with E-state index in [9.17, 15) is 9.59 Å². The molecule has 0 aromatic rings. The van der Waals surface area contributed by atoms with Crippen LogP contribution in [0.5, 0.6) is 0 Å². The molecule has 0 aliphatic rings. The molecule has 0 spiro atoms. The third kappa shape index (κ3) is 6.64. The minimum absolute atomic E-state index is 0. The molecule has 0 aromatic carbocycles. The fraction of sp³-hybridized carbons (Fsp3) is 0.833. The third-order valence-corrected chi connectivity index (χ3v) is 2.05. The smallest absolute Gasteiger partial charge is 0.311 e. The molecule has 0 radical (unpaired) electrons. The second-order valence-electron chi connectivity index (χ2n) is 4.43. The van der Waals surface area contributed by atoms with Gasteiger partial charge < -0.3 is 14.6 Å². The van der Waals surface area contributed by atoms with Crippen LogP contribution >= 0.6 is 0 Å². The van der Waals surface area contributed by atoms with Crippen LogP contribution in [0.4, 0.5) is 0 Å². The van der Waals surface area contributed by atoms with Gasteiger partial charge in [0.2, 0.25) is 11.6 Å². The van der Waals surface area contributed by atoms with Crippen molar-refractivity contribution in [3.63, 3.8) is 0 Å². The van der Waals surface area contributed by atoms with E-state index in [1.165, 1.54) is 0 Å². The van der Waals surface area contributed by atoms with E-state index in [0.717, 1.165) is 0 Å². The second kappa shape index (κ2) is 8.80. The van der Waals surface area contributed by atoms with Gasteiger partial charge in [-0.05, 0) is 27.7 Å². The summed E-state index contributed by atoms with van der Waals surface area (Å²) < 4.78 is 11.1. The Bertz CT molecular complexity index is 266. The maximum absolute atomic E-state index is 11.9. The number of Topliss-reactive ketones (excluding diaryl/α,β-unsaturated/α-hetero) is 1. The zero-order valence-electron chi connectivity index (χ0n) is 11.6. The molecule has 0 atom stereocenters.